The molecule has 0 fully saturated rings. The molecule has 0 saturated carbocycles. The molecular weight excluding hydrogens is 412 g/mol. The van der Waals surface area contributed by atoms with Crippen molar-refractivity contribution in [3.8, 4) is 10.4 Å². The molecule has 3 aromatic carbocycles. The minimum atomic E-state index is -3.66. The van der Waals surface area contributed by atoms with Crippen LogP contribution in [0.15, 0.2) is 88.8 Å². The highest BCUT2D eigenvalue weighted by Crippen LogP contribution is 2.37. The third-order valence-electron chi connectivity index (χ3n) is 5.29. The first-order valence-electron chi connectivity index (χ1n) is 9.72. The summed E-state index contributed by atoms with van der Waals surface area (Å²) in [7, 11) is -3.66. The maximum Gasteiger partial charge on any atom is 0.222 e. The second-order valence-corrected chi connectivity index (χ2v) is 10.2. The Morgan fingerprint density at radius 3 is 2.43 bits per heavy atom. The fourth-order valence-corrected chi connectivity index (χ4v) is 6.43. The number of fused-ring (bicyclic) bond motifs is 2. The van der Waals surface area contributed by atoms with Crippen molar-refractivity contribution in [3.63, 3.8) is 0 Å². The van der Waals surface area contributed by atoms with E-state index in [-0.39, 0.29) is 9.92 Å². The predicted molar refractivity (Wildman–Crippen MR) is 124 cm³/mol. The largest absolute Gasteiger partial charge is 0.345 e. The molecule has 2 aromatic heterocycles. The summed E-state index contributed by atoms with van der Waals surface area (Å²) in [6.07, 6.45) is 0.483. The van der Waals surface area contributed by atoms with Crippen LogP contribution in [0.2, 0.25) is 0 Å². The molecule has 2 heterocycles. The van der Waals surface area contributed by atoms with E-state index in [1.54, 1.807) is 35.6 Å². The fraction of sp³-hybridized carbons (Fsp3) is 0.0833. The van der Waals surface area contributed by atoms with E-state index >= 15 is 0 Å². The first-order chi connectivity index (χ1) is 14.6. The van der Waals surface area contributed by atoms with Gasteiger partial charge in [0.05, 0.1) is 4.90 Å². The number of hydrogen-bond acceptors (Lipinski definition) is 4. The quantitative estimate of drug-likeness (QED) is 0.391. The Morgan fingerprint density at radius 1 is 0.900 bits per heavy atom. The Kier molecular flexibility index (Phi) is 4.70. The van der Waals surface area contributed by atoms with Crippen molar-refractivity contribution < 1.29 is 8.42 Å². The van der Waals surface area contributed by atoms with Gasteiger partial charge in [0, 0.05) is 20.5 Å². The second-order valence-electron chi connectivity index (χ2n) is 7.20. The molecule has 6 heteroatoms. The van der Waals surface area contributed by atoms with E-state index in [4.69, 9.17) is 5.73 Å². The molecule has 0 bridgehead atoms. The third kappa shape index (κ3) is 3.13. The Hall–Kier alpha value is -2.93. The Bertz CT molecular complexity index is 1430. The summed E-state index contributed by atoms with van der Waals surface area (Å²) in [5.74, 6) is 0. The summed E-state index contributed by atoms with van der Waals surface area (Å²) in [6, 6.07) is 25.1. The lowest BCUT2D eigenvalue weighted by Gasteiger charge is -2.06. The van der Waals surface area contributed by atoms with Crippen molar-refractivity contribution in [2.45, 2.75) is 16.3 Å². The number of nitrogens with one attached hydrogen (secondary N) is 1. The number of aromatic nitrogens is 1. The normalized spacial score (nSPS) is 12.0. The molecule has 150 valence electrons. The molecule has 0 radical (unpaired) electrons. The topological polar surface area (TPSA) is 76.0 Å². The lowest BCUT2D eigenvalue weighted by atomic mass is 10.1. The van der Waals surface area contributed by atoms with Gasteiger partial charge in [0.2, 0.25) is 9.84 Å². The highest BCUT2D eigenvalue weighted by Gasteiger charge is 2.25. The fourth-order valence-electron chi connectivity index (χ4n) is 3.84. The van der Waals surface area contributed by atoms with Crippen LogP contribution in [0.5, 0.6) is 0 Å². The lowest BCUT2D eigenvalue weighted by Crippen LogP contribution is -2.09. The van der Waals surface area contributed by atoms with Gasteiger partial charge >= 0.3 is 0 Å². The number of thiophene rings is 1. The number of benzene rings is 3. The van der Waals surface area contributed by atoms with Crippen LogP contribution in [0.1, 0.15) is 5.56 Å². The number of H-pyrrole nitrogens is 1. The van der Waals surface area contributed by atoms with Gasteiger partial charge in [0.15, 0.2) is 0 Å². The first kappa shape index (κ1) is 19.1. The zero-order valence-corrected chi connectivity index (χ0v) is 17.8. The van der Waals surface area contributed by atoms with Gasteiger partial charge in [-0.1, -0.05) is 42.5 Å². The Morgan fingerprint density at radius 2 is 1.67 bits per heavy atom. The van der Waals surface area contributed by atoms with Crippen LogP contribution in [-0.2, 0) is 16.3 Å². The molecule has 4 nitrogen and oxygen atoms in total. The van der Waals surface area contributed by atoms with Crippen molar-refractivity contribution in [2.24, 2.45) is 5.73 Å². The summed E-state index contributed by atoms with van der Waals surface area (Å²) in [6.45, 7) is 0.372. The van der Waals surface area contributed by atoms with Gasteiger partial charge in [-0.05, 0) is 65.9 Å². The number of sulfone groups is 1. The summed E-state index contributed by atoms with van der Waals surface area (Å²) in [5, 5.41) is 2.36. The van der Waals surface area contributed by atoms with E-state index < -0.39 is 9.84 Å². The van der Waals surface area contributed by atoms with Crippen LogP contribution in [0, 0.1) is 0 Å². The van der Waals surface area contributed by atoms with Gasteiger partial charge in [0.25, 0.3) is 0 Å². The van der Waals surface area contributed by atoms with E-state index in [9.17, 15) is 8.42 Å². The number of hydrogen-bond donors (Lipinski definition) is 2. The molecule has 0 atom stereocenters. The van der Waals surface area contributed by atoms with E-state index in [2.05, 4.69) is 29.2 Å². The summed E-state index contributed by atoms with van der Waals surface area (Å²) in [4.78, 5) is 4.59. The molecule has 0 aliphatic rings. The molecule has 0 aliphatic heterocycles. The molecule has 0 spiro atoms. The molecule has 0 aliphatic carbocycles. The second kappa shape index (κ2) is 7.40. The molecule has 0 amide bonds. The standard InChI is InChI=1S/C24H20N2O2S2/c25-13-12-19-20-14-17(23-15-16-6-4-5-9-22(16)29-23)10-11-21(20)26-24(19)30(27,28)18-7-2-1-3-8-18/h1-11,14-15,26H,12-13,25H2. The molecule has 5 rings (SSSR count). The molecule has 30 heavy (non-hydrogen) atoms. The summed E-state index contributed by atoms with van der Waals surface area (Å²) < 4.78 is 27.8. The summed E-state index contributed by atoms with van der Waals surface area (Å²) >= 11 is 1.73. The number of rotatable bonds is 5. The van der Waals surface area contributed by atoms with Crippen LogP contribution in [0.3, 0.4) is 0 Å². The van der Waals surface area contributed by atoms with Crippen molar-refractivity contribution >= 4 is 42.2 Å². The minimum absolute atomic E-state index is 0.239. The van der Waals surface area contributed by atoms with Gasteiger partial charge in [-0.3, -0.25) is 0 Å². The minimum Gasteiger partial charge on any atom is -0.345 e. The van der Waals surface area contributed by atoms with Crippen molar-refractivity contribution in [1.82, 2.24) is 4.98 Å². The van der Waals surface area contributed by atoms with Crippen LogP contribution in [0.4, 0.5) is 0 Å². The van der Waals surface area contributed by atoms with Crippen molar-refractivity contribution in [3.05, 3.63) is 84.4 Å². The molecular formula is C24H20N2O2S2. The lowest BCUT2D eigenvalue weighted by molar-refractivity contribution is 0.592. The maximum absolute atomic E-state index is 13.3. The Balaban J connectivity index is 1.70. The zero-order chi connectivity index (χ0) is 20.7. The highest BCUT2D eigenvalue weighted by atomic mass is 32.2. The first-order valence-corrected chi connectivity index (χ1v) is 12.0. The average molecular weight is 433 g/mol. The van der Waals surface area contributed by atoms with E-state index in [0.29, 0.717) is 13.0 Å². The van der Waals surface area contributed by atoms with Gasteiger partial charge in [-0.25, -0.2) is 8.42 Å². The molecule has 3 N–H and O–H groups in total. The molecule has 0 saturated heterocycles. The van der Waals surface area contributed by atoms with E-state index in [1.165, 1.54) is 10.1 Å². The predicted octanol–water partition coefficient (Wildman–Crippen LogP) is 5.38. The molecule has 0 unspecified atom stereocenters. The van der Waals surface area contributed by atoms with E-state index in [1.807, 2.05) is 30.3 Å². The Labute approximate surface area is 178 Å². The highest BCUT2D eigenvalue weighted by molar-refractivity contribution is 7.91. The van der Waals surface area contributed by atoms with Gasteiger partial charge in [0.1, 0.15) is 5.03 Å². The number of nitrogens with two attached hydrogens (primary N) is 1. The zero-order valence-electron chi connectivity index (χ0n) is 16.1. The number of aromatic amines is 1. The third-order valence-corrected chi connectivity index (χ3v) is 8.24. The van der Waals surface area contributed by atoms with Crippen molar-refractivity contribution in [1.29, 1.82) is 0 Å². The van der Waals surface area contributed by atoms with Crippen LogP contribution >= 0.6 is 11.3 Å². The van der Waals surface area contributed by atoms with Crippen LogP contribution in [-0.4, -0.2) is 19.9 Å². The van der Waals surface area contributed by atoms with Gasteiger partial charge in [-0.2, -0.15) is 0 Å². The van der Waals surface area contributed by atoms with E-state index in [0.717, 1.165) is 26.9 Å². The van der Waals surface area contributed by atoms with Crippen LogP contribution < -0.4 is 5.73 Å². The summed E-state index contributed by atoms with van der Waals surface area (Å²) in [5.41, 5.74) is 8.48. The van der Waals surface area contributed by atoms with Crippen LogP contribution in [0.25, 0.3) is 31.4 Å². The smallest absolute Gasteiger partial charge is 0.222 e. The monoisotopic (exact) mass is 432 g/mol. The van der Waals surface area contributed by atoms with Gasteiger partial charge < -0.3 is 10.7 Å². The average Bonchev–Trinajstić information content (AvgIpc) is 3.36. The SMILES string of the molecule is NCCc1c(S(=O)(=O)c2ccccc2)[nH]c2ccc(-c3cc4ccccc4s3)cc12. The molecule has 5 aromatic rings. The van der Waals surface area contributed by atoms with Crippen molar-refractivity contribution in [2.75, 3.05) is 6.54 Å². The maximum atomic E-state index is 13.3. The van der Waals surface area contributed by atoms with Gasteiger partial charge in [-0.15, -0.1) is 11.3 Å².